The number of carbonyl (C=O) groups excluding carboxylic acids is 2. The third-order valence-electron chi connectivity index (χ3n) is 1.76. The lowest BCUT2D eigenvalue weighted by molar-refractivity contribution is 0.0785. The van der Waals surface area contributed by atoms with Crippen LogP contribution in [0.25, 0.3) is 0 Å². The number of hydrogen-bond acceptors (Lipinski definition) is 4. The summed E-state index contributed by atoms with van der Waals surface area (Å²) in [7, 11) is 0. The Balaban J connectivity index is 2.42. The Bertz CT molecular complexity index is 370. The van der Waals surface area contributed by atoms with Crippen molar-refractivity contribution >= 4 is 12.4 Å². The lowest BCUT2D eigenvalue weighted by Crippen LogP contribution is -2.17. The molecule has 0 saturated heterocycles. The van der Waals surface area contributed by atoms with E-state index in [0.717, 1.165) is 6.29 Å². The van der Waals surface area contributed by atoms with Crippen LogP contribution in [-0.2, 0) is 11.3 Å². The molecule has 0 bridgehead atoms. The molecule has 0 aromatic heterocycles. The van der Waals surface area contributed by atoms with Gasteiger partial charge >= 0.3 is 6.16 Å². The number of aldehydes is 1. The molecular weight excluding hydrogens is 172 g/mol. The first-order valence-electron chi connectivity index (χ1n) is 3.72. The fraction of sp³-hybridized carbons (Fsp3) is 0.111. The highest BCUT2D eigenvalue weighted by Gasteiger charge is 2.17. The van der Waals surface area contributed by atoms with E-state index in [1.165, 1.54) is 0 Å². The van der Waals surface area contributed by atoms with Crippen molar-refractivity contribution in [3.05, 3.63) is 29.3 Å². The van der Waals surface area contributed by atoms with E-state index in [1.807, 2.05) is 0 Å². The van der Waals surface area contributed by atoms with Crippen LogP contribution in [0.4, 0.5) is 4.79 Å². The van der Waals surface area contributed by atoms with Crippen LogP contribution in [0.5, 0.6) is 5.75 Å². The molecule has 0 aliphatic carbocycles. The molecule has 1 aromatic rings. The van der Waals surface area contributed by atoms with E-state index in [9.17, 15) is 9.59 Å². The normalized spacial score (nSPS) is 14.0. The Kier molecular flexibility index (Phi) is 1.73. The summed E-state index contributed by atoms with van der Waals surface area (Å²) in [4.78, 5) is 21.1. The van der Waals surface area contributed by atoms with E-state index < -0.39 is 6.16 Å². The Labute approximate surface area is 74.1 Å². The summed E-state index contributed by atoms with van der Waals surface area (Å²) in [5, 5.41) is 0. The standard InChI is InChI=1S/C9H6O4/c10-4-6-1-2-8-7(3-6)5-12-9(11)13-8/h1-4H,5H2. The molecule has 0 atom stereocenters. The summed E-state index contributed by atoms with van der Waals surface area (Å²) in [6.07, 6.45) is 0.0304. The number of carbonyl (C=O) groups is 2. The van der Waals surface area contributed by atoms with E-state index in [2.05, 4.69) is 4.74 Å². The van der Waals surface area contributed by atoms with Crippen molar-refractivity contribution in [1.29, 1.82) is 0 Å². The molecule has 1 aliphatic rings. The van der Waals surface area contributed by atoms with Crippen molar-refractivity contribution in [3.8, 4) is 5.75 Å². The van der Waals surface area contributed by atoms with Crippen molar-refractivity contribution < 1.29 is 19.1 Å². The van der Waals surface area contributed by atoms with Gasteiger partial charge in [0.1, 0.15) is 18.6 Å². The summed E-state index contributed by atoms with van der Waals surface area (Å²) in [6.45, 7) is 0.163. The van der Waals surface area contributed by atoms with Gasteiger partial charge in [0.25, 0.3) is 0 Å². The zero-order valence-electron chi connectivity index (χ0n) is 6.65. The maximum atomic E-state index is 10.7. The van der Waals surface area contributed by atoms with Gasteiger partial charge < -0.3 is 9.47 Å². The molecule has 0 radical (unpaired) electrons. The molecule has 66 valence electrons. The molecule has 0 unspecified atom stereocenters. The minimum absolute atomic E-state index is 0.163. The van der Waals surface area contributed by atoms with Crippen molar-refractivity contribution in [2.45, 2.75) is 6.61 Å². The lowest BCUT2D eigenvalue weighted by atomic mass is 10.1. The van der Waals surface area contributed by atoms with E-state index in [-0.39, 0.29) is 6.61 Å². The van der Waals surface area contributed by atoms with Crippen LogP contribution in [0.15, 0.2) is 18.2 Å². The Hall–Kier alpha value is -1.84. The second-order valence-corrected chi connectivity index (χ2v) is 2.63. The molecule has 0 spiro atoms. The van der Waals surface area contributed by atoms with Crippen LogP contribution in [0.1, 0.15) is 15.9 Å². The second-order valence-electron chi connectivity index (χ2n) is 2.63. The molecule has 0 amide bonds. The molecule has 1 heterocycles. The van der Waals surface area contributed by atoms with Crippen molar-refractivity contribution in [2.75, 3.05) is 0 Å². The predicted molar refractivity (Wildman–Crippen MR) is 42.6 cm³/mol. The van der Waals surface area contributed by atoms with Gasteiger partial charge in [0.2, 0.25) is 0 Å². The monoisotopic (exact) mass is 178 g/mol. The average Bonchev–Trinajstić information content (AvgIpc) is 2.17. The molecule has 0 N–H and O–H groups in total. The third-order valence-corrected chi connectivity index (χ3v) is 1.76. The average molecular weight is 178 g/mol. The highest BCUT2D eigenvalue weighted by molar-refractivity contribution is 5.76. The maximum Gasteiger partial charge on any atom is 0.514 e. The summed E-state index contributed by atoms with van der Waals surface area (Å²) in [6, 6.07) is 4.80. The van der Waals surface area contributed by atoms with Gasteiger partial charge in [-0.2, -0.15) is 0 Å². The Morgan fingerprint density at radius 2 is 2.23 bits per heavy atom. The van der Waals surface area contributed by atoms with Gasteiger partial charge in [-0.1, -0.05) is 0 Å². The Morgan fingerprint density at radius 1 is 1.38 bits per heavy atom. The number of fused-ring (bicyclic) bond motifs is 1. The quantitative estimate of drug-likeness (QED) is 0.371. The molecule has 1 aromatic carbocycles. The van der Waals surface area contributed by atoms with Gasteiger partial charge in [-0.3, -0.25) is 4.79 Å². The minimum atomic E-state index is -0.702. The fourth-order valence-electron chi connectivity index (χ4n) is 1.14. The SMILES string of the molecule is O=Cc1ccc2c(c1)COC(=O)O2. The first kappa shape index (κ1) is 7.79. The van der Waals surface area contributed by atoms with Crippen molar-refractivity contribution in [1.82, 2.24) is 0 Å². The molecule has 0 saturated carbocycles. The minimum Gasteiger partial charge on any atom is -0.429 e. The van der Waals surface area contributed by atoms with Crippen molar-refractivity contribution in [3.63, 3.8) is 0 Å². The number of cyclic esters (lactones) is 1. The van der Waals surface area contributed by atoms with Gasteiger partial charge in [-0.25, -0.2) is 4.79 Å². The summed E-state index contributed by atoms with van der Waals surface area (Å²) < 4.78 is 9.38. The molecule has 2 rings (SSSR count). The first-order valence-corrected chi connectivity index (χ1v) is 3.72. The van der Waals surface area contributed by atoms with Gasteiger partial charge in [0.15, 0.2) is 0 Å². The van der Waals surface area contributed by atoms with Crippen LogP contribution in [-0.4, -0.2) is 12.4 Å². The highest BCUT2D eigenvalue weighted by Crippen LogP contribution is 2.24. The zero-order valence-corrected chi connectivity index (χ0v) is 6.65. The number of rotatable bonds is 1. The maximum absolute atomic E-state index is 10.7. The summed E-state index contributed by atoms with van der Waals surface area (Å²) >= 11 is 0. The Morgan fingerprint density at radius 3 is 3.00 bits per heavy atom. The molecule has 4 heteroatoms. The van der Waals surface area contributed by atoms with Crippen LogP contribution < -0.4 is 4.74 Å². The number of hydrogen-bond donors (Lipinski definition) is 0. The van der Waals surface area contributed by atoms with E-state index in [0.29, 0.717) is 16.9 Å². The van der Waals surface area contributed by atoms with Crippen molar-refractivity contribution in [2.24, 2.45) is 0 Å². The smallest absolute Gasteiger partial charge is 0.429 e. The molecule has 4 nitrogen and oxygen atoms in total. The first-order chi connectivity index (χ1) is 6.29. The second kappa shape index (κ2) is 2.90. The van der Waals surface area contributed by atoms with E-state index in [4.69, 9.17) is 4.74 Å². The number of ether oxygens (including phenoxy) is 2. The van der Waals surface area contributed by atoms with Crippen LogP contribution >= 0.6 is 0 Å². The lowest BCUT2D eigenvalue weighted by Gasteiger charge is -2.15. The zero-order chi connectivity index (χ0) is 9.26. The van der Waals surface area contributed by atoms with Gasteiger partial charge in [0.05, 0.1) is 0 Å². The van der Waals surface area contributed by atoms with E-state index in [1.54, 1.807) is 18.2 Å². The third kappa shape index (κ3) is 1.38. The molecule has 1 aliphatic heterocycles. The largest absolute Gasteiger partial charge is 0.514 e. The van der Waals surface area contributed by atoms with Crippen LogP contribution in [0.3, 0.4) is 0 Å². The summed E-state index contributed by atoms with van der Waals surface area (Å²) in [5.41, 5.74) is 1.25. The summed E-state index contributed by atoms with van der Waals surface area (Å²) in [5.74, 6) is 0.460. The highest BCUT2D eigenvalue weighted by atomic mass is 16.7. The van der Waals surface area contributed by atoms with Gasteiger partial charge in [0, 0.05) is 11.1 Å². The van der Waals surface area contributed by atoms with Gasteiger partial charge in [-0.05, 0) is 18.2 Å². The van der Waals surface area contributed by atoms with Gasteiger partial charge in [-0.15, -0.1) is 0 Å². The van der Waals surface area contributed by atoms with E-state index >= 15 is 0 Å². The topological polar surface area (TPSA) is 52.6 Å². The molecule has 0 fully saturated rings. The number of benzene rings is 1. The fourth-order valence-corrected chi connectivity index (χ4v) is 1.14. The molecular formula is C9H6O4. The predicted octanol–water partition coefficient (Wildman–Crippen LogP) is 1.53. The van der Waals surface area contributed by atoms with Crippen LogP contribution in [0.2, 0.25) is 0 Å². The molecule has 13 heavy (non-hydrogen) atoms. The van der Waals surface area contributed by atoms with Crippen LogP contribution in [0, 0.1) is 0 Å².